The lowest BCUT2D eigenvalue weighted by atomic mass is 10.1. The lowest BCUT2D eigenvalue weighted by molar-refractivity contribution is 0.0816. The molecule has 4 aromatic rings. The minimum absolute atomic E-state index is 0.362. The summed E-state index contributed by atoms with van der Waals surface area (Å²) in [6.07, 6.45) is 8.79. The Morgan fingerprint density at radius 2 is 1.83 bits per heavy atom. The van der Waals surface area contributed by atoms with E-state index in [9.17, 15) is 0 Å². The van der Waals surface area contributed by atoms with Crippen molar-refractivity contribution in [3.63, 3.8) is 0 Å². The van der Waals surface area contributed by atoms with Gasteiger partial charge < -0.3 is 4.74 Å². The van der Waals surface area contributed by atoms with Crippen LogP contribution in [0, 0.1) is 0 Å². The Morgan fingerprint density at radius 1 is 1.03 bits per heavy atom. The van der Waals surface area contributed by atoms with Crippen molar-refractivity contribution in [3.05, 3.63) is 36.9 Å². The molecule has 0 fully saturated rings. The number of fused-ring (bicyclic) bond motifs is 1. The molecule has 0 atom stereocenters. The highest BCUT2D eigenvalue weighted by Crippen LogP contribution is 2.31. The summed E-state index contributed by atoms with van der Waals surface area (Å²) in [5.41, 5.74) is 3.30. The van der Waals surface area contributed by atoms with Crippen LogP contribution < -0.4 is 0 Å². The zero-order chi connectivity index (χ0) is 21.1. The van der Waals surface area contributed by atoms with Crippen molar-refractivity contribution < 1.29 is 4.74 Å². The molecular formula is C19H24N8OSSi. The minimum atomic E-state index is -1.15. The predicted octanol–water partition coefficient (Wildman–Crippen LogP) is 3.50. The predicted molar refractivity (Wildman–Crippen MR) is 119 cm³/mol. The van der Waals surface area contributed by atoms with Crippen LogP contribution in [-0.4, -0.2) is 60.9 Å². The van der Waals surface area contributed by atoms with E-state index >= 15 is 0 Å². The normalized spacial score (nSPS) is 12.0. The van der Waals surface area contributed by atoms with Gasteiger partial charge in [0.2, 0.25) is 5.16 Å². The number of benzene rings is 1. The van der Waals surface area contributed by atoms with Gasteiger partial charge in [-0.3, -0.25) is 0 Å². The fraction of sp³-hybridized carbons (Fsp3) is 0.368. The molecule has 0 amide bonds. The number of thioether (sulfide) groups is 1. The van der Waals surface area contributed by atoms with Crippen LogP contribution in [0.3, 0.4) is 0 Å². The molecule has 0 bridgehead atoms. The summed E-state index contributed by atoms with van der Waals surface area (Å²) in [5.74, 6) is 0. The molecule has 0 unspecified atom stereocenters. The van der Waals surface area contributed by atoms with E-state index in [0.717, 1.165) is 34.8 Å². The summed E-state index contributed by atoms with van der Waals surface area (Å²) < 4.78 is 7.80. The summed E-state index contributed by atoms with van der Waals surface area (Å²) in [7, 11) is -1.15. The number of rotatable bonds is 8. The monoisotopic (exact) mass is 440 g/mol. The minimum Gasteiger partial charge on any atom is -0.360 e. The van der Waals surface area contributed by atoms with Crippen LogP contribution in [0.1, 0.15) is 0 Å². The molecular weight excluding hydrogens is 416 g/mol. The summed E-state index contributed by atoms with van der Waals surface area (Å²) in [4.78, 5) is 5.94. The fourth-order valence-corrected chi connectivity index (χ4v) is 4.05. The molecule has 0 spiro atoms. The van der Waals surface area contributed by atoms with Gasteiger partial charge in [-0.1, -0.05) is 31.4 Å². The topological polar surface area (TPSA) is 96.4 Å². The van der Waals surface area contributed by atoms with Crippen LogP contribution in [0.25, 0.3) is 27.8 Å². The molecule has 0 aliphatic heterocycles. The third-order valence-electron chi connectivity index (χ3n) is 4.62. The summed E-state index contributed by atoms with van der Waals surface area (Å²) in [6, 6.07) is 5.04. The van der Waals surface area contributed by atoms with Crippen LogP contribution in [-0.2, 0) is 11.5 Å². The zero-order valence-electron chi connectivity index (χ0n) is 17.5. The van der Waals surface area contributed by atoms with E-state index in [0.29, 0.717) is 17.6 Å². The third kappa shape index (κ3) is 4.42. The molecule has 11 heteroatoms. The van der Waals surface area contributed by atoms with Crippen molar-refractivity contribution in [2.24, 2.45) is 0 Å². The molecule has 0 aliphatic rings. The Kier molecular flexibility index (Phi) is 5.93. The Balaban J connectivity index is 1.73. The van der Waals surface area contributed by atoms with Crippen LogP contribution in [0.4, 0.5) is 0 Å². The highest BCUT2D eigenvalue weighted by Gasteiger charge is 2.18. The van der Waals surface area contributed by atoms with Crippen LogP contribution in [0.2, 0.25) is 25.7 Å². The van der Waals surface area contributed by atoms with Gasteiger partial charge >= 0.3 is 0 Å². The molecule has 1 aromatic carbocycles. The molecule has 0 N–H and O–H groups in total. The Bertz CT molecular complexity index is 1120. The zero-order valence-corrected chi connectivity index (χ0v) is 19.3. The molecule has 9 nitrogen and oxygen atoms in total. The third-order valence-corrected chi connectivity index (χ3v) is 6.88. The Hall–Kier alpha value is -2.63. The molecule has 4 rings (SSSR count). The van der Waals surface area contributed by atoms with E-state index in [1.54, 1.807) is 23.4 Å². The number of hydrogen-bond acceptors (Lipinski definition) is 8. The number of aromatic nitrogens is 8. The summed E-state index contributed by atoms with van der Waals surface area (Å²) >= 11 is 1.46. The van der Waals surface area contributed by atoms with Gasteiger partial charge in [-0.2, -0.15) is 15.3 Å². The lowest BCUT2D eigenvalue weighted by Gasteiger charge is -2.16. The first-order chi connectivity index (χ1) is 14.5. The highest BCUT2D eigenvalue weighted by molar-refractivity contribution is 7.98. The summed E-state index contributed by atoms with van der Waals surface area (Å²) in [6.45, 7) is 8.10. The number of ether oxygens (including phenoxy) is 1. The van der Waals surface area contributed by atoms with Crippen LogP contribution in [0.15, 0.2) is 42.1 Å². The van der Waals surface area contributed by atoms with Gasteiger partial charge in [0.05, 0.1) is 30.3 Å². The highest BCUT2D eigenvalue weighted by atomic mass is 32.2. The van der Waals surface area contributed by atoms with Crippen molar-refractivity contribution in [1.29, 1.82) is 0 Å². The maximum atomic E-state index is 5.95. The first kappa shape index (κ1) is 20.6. The fourth-order valence-electron chi connectivity index (χ4n) is 3.02. The van der Waals surface area contributed by atoms with E-state index in [1.165, 1.54) is 11.8 Å². The first-order valence-corrected chi connectivity index (χ1v) is 14.6. The van der Waals surface area contributed by atoms with Gasteiger partial charge in [-0.25, -0.2) is 9.67 Å². The molecule has 0 saturated carbocycles. The van der Waals surface area contributed by atoms with Crippen LogP contribution in [0.5, 0.6) is 0 Å². The van der Waals surface area contributed by atoms with Crippen molar-refractivity contribution in [2.75, 3.05) is 12.9 Å². The molecule has 156 valence electrons. The van der Waals surface area contributed by atoms with E-state index in [2.05, 4.69) is 50.1 Å². The van der Waals surface area contributed by atoms with E-state index in [-0.39, 0.29) is 0 Å². The van der Waals surface area contributed by atoms with E-state index in [1.807, 2.05) is 29.3 Å². The second-order valence-electron chi connectivity index (χ2n) is 8.04. The quantitative estimate of drug-likeness (QED) is 0.233. The van der Waals surface area contributed by atoms with Crippen molar-refractivity contribution in [2.45, 2.75) is 37.6 Å². The van der Waals surface area contributed by atoms with Crippen LogP contribution >= 0.6 is 11.8 Å². The smallest absolute Gasteiger partial charge is 0.208 e. The number of nitrogens with zero attached hydrogens (tertiary/aromatic N) is 8. The Morgan fingerprint density at radius 3 is 2.50 bits per heavy atom. The first-order valence-electron chi connectivity index (χ1n) is 9.63. The molecule has 3 aromatic heterocycles. The maximum absolute atomic E-state index is 5.95. The molecule has 0 aliphatic carbocycles. The molecule has 0 radical (unpaired) electrons. The van der Waals surface area contributed by atoms with Crippen molar-refractivity contribution >= 4 is 30.7 Å². The van der Waals surface area contributed by atoms with E-state index in [4.69, 9.17) is 4.74 Å². The number of hydrogen-bond donors (Lipinski definition) is 0. The van der Waals surface area contributed by atoms with E-state index < -0.39 is 8.07 Å². The second kappa shape index (κ2) is 8.62. The average molecular weight is 441 g/mol. The van der Waals surface area contributed by atoms with Gasteiger partial charge in [-0.05, 0) is 24.4 Å². The Labute approximate surface area is 179 Å². The second-order valence-corrected chi connectivity index (χ2v) is 14.4. The SMILES string of the molecule is CSc1ncc(-c2ccc(-n3nccn3)c3c2cnn3COCC[Si](C)(C)C)nn1. The lowest BCUT2D eigenvalue weighted by Crippen LogP contribution is -2.22. The van der Waals surface area contributed by atoms with Crippen molar-refractivity contribution in [3.8, 4) is 16.9 Å². The molecule has 0 saturated heterocycles. The van der Waals surface area contributed by atoms with Gasteiger partial charge in [0.25, 0.3) is 0 Å². The molecule has 30 heavy (non-hydrogen) atoms. The van der Waals surface area contributed by atoms with Gasteiger partial charge in [0.1, 0.15) is 18.1 Å². The van der Waals surface area contributed by atoms with Gasteiger partial charge in [-0.15, -0.1) is 15.0 Å². The van der Waals surface area contributed by atoms with Gasteiger partial charge in [0.15, 0.2) is 0 Å². The standard InChI is InChI=1S/C19H24N8OSSi/c1-29-19-20-12-16(24-25-19)14-5-6-17(27-21-7-8-22-27)18-15(14)11-23-26(18)13-28-9-10-30(2,3)4/h5-8,11-12H,9-10,13H2,1-4H3. The maximum Gasteiger partial charge on any atom is 0.208 e. The average Bonchev–Trinajstić information content (AvgIpc) is 3.41. The van der Waals surface area contributed by atoms with Crippen molar-refractivity contribution in [1.82, 2.24) is 40.0 Å². The van der Waals surface area contributed by atoms with Gasteiger partial charge in [0, 0.05) is 25.6 Å². The summed E-state index contributed by atoms with van der Waals surface area (Å²) in [5, 5.41) is 23.2. The molecule has 3 heterocycles. The largest absolute Gasteiger partial charge is 0.360 e.